The number of hydrogen-bond acceptors (Lipinski definition) is 3. The van der Waals surface area contributed by atoms with Crippen LogP contribution in [0.25, 0.3) is 0 Å². The Morgan fingerprint density at radius 3 is 2.63 bits per heavy atom. The second kappa shape index (κ2) is 7.36. The molecular formula is C14H26N2O3. The smallest absolute Gasteiger partial charge is 0.410 e. The summed E-state index contributed by atoms with van der Waals surface area (Å²) in [5, 5.41) is 2.93. The molecule has 0 aromatic carbocycles. The topological polar surface area (TPSA) is 58.6 Å². The van der Waals surface area contributed by atoms with Crippen molar-refractivity contribution in [3.63, 3.8) is 0 Å². The largest absolute Gasteiger partial charge is 0.449 e. The fourth-order valence-corrected chi connectivity index (χ4v) is 2.02. The Balaban J connectivity index is 2.53. The van der Waals surface area contributed by atoms with E-state index in [1.165, 1.54) is 0 Å². The summed E-state index contributed by atoms with van der Waals surface area (Å²) in [7, 11) is 0. The van der Waals surface area contributed by atoms with Crippen molar-refractivity contribution in [1.82, 2.24) is 10.2 Å². The van der Waals surface area contributed by atoms with Crippen molar-refractivity contribution in [3.8, 4) is 0 Å². The molecule has 1 aliphatic rings. The molecule has 0 unspecified atom stereocenters. The van der Waals surface area contributed by atoms with Crippen molar-refractivity contribution < 1.29 is 14.3 Å². The van der Waals surface area contributed by atoms with Gasteiger partial charge in [-0.15, -0.1) is 0 Å². The summed E-state index contributed by atoms with van der Waals surface area (Å²) in [6, 6.07) is -0.227. The number of carbonyl (C=O) groups excluding carboxylic acids is 2. The van der Waals surface area contributed by atoms with E-state index >= 15 is 0 Å². The van der Waals surface area contributed by atoms with Gasteiger partial charge in [0.2, 0.25) is 5.91 Å². The molecule has 1 heterocycles. The summed E-state index contributed by atoms with van der Waals surface area (Å²) in [6.45, 7) is 8.97. The summed E-state index contributed by atoms with van der Waals surface area (Å²) in [4.78, 5) is 25.6. The van der Waals surface area contributed by atoms with Crippen molar-refractivity contribution in [2.24, 2.45) is 5.92 Å². The summed E-state index contributed by atoms with van der Waals surface area (Å²) in [5.74, 6) is 0.243. The maximum Gasteiger partial charge on any atom is 0.410 e. The minimum Gasteiger partial charge on any atom is -0.449 e. The first-order valence-electron chi connectivity index (χ1n) is 7.19. The van der Waals surface area contributed by atoms with Crippen LogP contribution in [0.3, 0.4) is 0 Å². The van der Waals surface area contributed by atoms with Crippen molar-refractivity contribution in [2.45, 2.75) is 59.0 Å². The number of rotatable bonds is 5. The van der Waals surface area contributed by atoms with Gasteiger partial charge in [0.1, 0.15) is 6.04 Å². The zero-order valence-electron chi connectivity index (χ0n) is 12.4. The summed E-state index contributed by atoms with van der Waals surface area (Å²) in [6.07, 6.45) is 2.10. The number of amides is 2. The minimum atomic E-state index is -0.367. The van der Waals surface area contributed by atoms with E-state index in [9.17, 15) is 9.59 Å². The second-order valence-corrected chi connectivity index (χ2v) is 5.64. The van der Waals surface area contributed by atoms with Gasteiger partial charge in [-0.25, -0.2) is 4.79 Å². The van der Waals surface area contributed by atoms with Gasteiger partial charge in [0.25, 0.3) is 0 Å². The third-order valence-electron chi connectivity index (χ3n) is 3.33. The molecule has 2 amide bonds. The Bertz CT molecular complexity index is 318. The molecule has 1 aliphatic heterocycles. The fourth-order valence-electron chi connectivity index (χ4n) is 2.02. The lowest BCUT2D eigenvalue weighted by Gasteiger charge is -2.25. The molecule has 5 heteroatoms. The third-order valence-corrected chi connectivity index (χ3v) is 3.33. The Morgan fingerprint density at radius 1 is 1.37 bits per heavy atom. The van der Waals surface area contributed by atoms with E-state index in [4.69, 9.17) is 4.74 Å². The van der Waals surface area contributed by atoms with Gasteiger partial charge in [0.05, 0.1) is 6.61 Å². The molecule has 0 aromatic rings. The van der Waals surface area contributed by atoms with E-state index in [0.717, 1.165) is 19.3 Å². The highest BCUT2D eigenvalue weighted by Crippen LogP contribution is 2.19. The van der Waals surface area contributed by atoms with E-state index in [-0.39, 0.29) is 24.1 Å². The van der Waals surface area contributed by atoms with Crippen LogP contribution in [0, 0.1) is 5.92 Å². The molecule has 19 heavy (non-hydrogen) atoms. The van der Waals surface area contributed by atoms with Crippen LogP contribution in [0.15, 0.2) is 0 Å². The van der Waals surface area contributed by atoms with Crippen LogP contribution in [-0.4, -0.2) is 42.1 Å². The van der Waals surface area contributed by atoms with Gasteiger partial charge in [-0.3, -0.25) is 9.69 Å². The highest BCUT2D eigenvalue weighted by Gasteiger charge is 2.35. The number of likely N-dealkylation sites (tertiary alicyclic amines) is 1. The standard InChI is InChI=1S/C14H26N2O3/c1-5-11(4)15-13(17)12-7-6-8-16(12)14(18)19-9-10(2)3/h10-12H,5-9H2,1-4H3,(H,15,17)/t11-,12+/m1/s1. The Morgan fingerprint density at radius 2 is 2.05 bits per heavy atom. The Kier molecular flexibility index (Phi) is 6.12. The highest BCUT2D eigenvalue weighted by atomic mass is 16.6. The first-order chi connectivity index (χ1) is 8.95. The van der Waals surface area contributed by atoms with E-state index in [0.29, 0.717) is 19.1 Å². The SMILES string of the molecule is CC[C@@H](C)NC(=O)[C@@H]1CCCN1C(=O)OCC(C)C. The highest BCUT2D eigenvalue weighted by molar-refractivity contribution is 5.86. The third kappa shape index (κ3) is 4.73. The van der Waals surface area contributed by atoms with Crippen LogP contribution < -0.4 is 5.32 Å². The number of carbonyl (C=O) groups is 2. The van der Waals surface area contributed by atoms with Crippen LogP contribution in [0.1, 0.15) is 47.0 Å². The van der Waals surface area contributed by atoms with Crippen LogP contribution in [0.4, 0.5) is 4.79 Å². The molecule has 0 aliphatic carbocycles. The number of hydrogen-bond donors (Lipinski definition) is 1. The fraction of sp³-hybridized carbons (Fsp3) is 0.857. The molecule has 1 N–H and O–H groups in total. The predicted molar refractivity (Wildman–Crippen MR) is 73.8 cm³/mol. The molecule has 1 fully saturated rings. The van der Waals surface area contributed by atoms with Crippen molar-refractivity contribution in [1.29, 1.82) is 0 Å². The van der Waals surface area contributed by atoms with Gasteiger partial charge in [-0.2, -0.15) is 0 Å². The quantitative estimate of drug-likeness (QED) is 0.833. The summed E-state index contributed by atoms with van der Waals surface area (Å²) in [5.41, 5.74) is 0. The van der Waals surface area contributed by atoms with Gasteiger partial charge in [0.15, 0.2) is 0 Å². The van der Waals surface area contributed by atoms with E-state index in [1.807, 2.05) is 27.7 Å². The predicted octanol–water partition coefficient (Wildman–Crippen LogP) is 2.16. The van der Waals surface area contributed by atoms with Gasteiger partial charge in [0, 0.05) is 12.6 Å². The number of ether oxygens (including phenoxy) is 1. The van der Waals surface area contributed by atoms with Crippen LogP contribution >= 0.6 is 0 Å². The van der Waals surface area contributed by atoms with Crippen molar-refractivity contribution >= 4 is 12.0 Å². The minimum absolute atomic E-state index is 0.0617. The van der Waals surface area contributed by atoms with Gasteiger partial charge in [-0.1, -0.05) is 20.8 Å². The lowest BCUT2D eigenvalue weighted by atomic mass is 10.2. The molecule has 110 valence electrons. The zero-order chi connectivity index (χ0) is 14.4. The Hall–Kier alpha value is -1.26. The lowest BCUT2D eigenvalue weighted by molar-refractivity contribution is -0.125. The number of nitrogens with one attached hydrogen (secondary N) is 1. The first-order valence-corrected chi connectivity index (χ1v) is 7.19. The normalized spacial score (nSPS) is 20.5. The van der Waals surface area contributed by atoms with Gasteiger partial charge in [-0.05, 0) is 32.1 Å². The zero-order valence-corrected chi connectivity index (χ0v) is 12.4. The van der Waals surface area contributed by atoms with Gasteiger partial charge >= 0.3 is 6.09 Å². The summed E-state index contributed by atoms with van der Waals surface area (Å²) < 4.78 is 5.21. The molecule has 0 bridgehead atoms. The van der Waals surface area contributed by atoms with Crippen LogP contribution in [-0.2, 0) is 9.53 Å². The van der Waals surface area contributed by atoms with E-state index in [1.54, 1.807) is 4.90 Å². The molecule has 2 atom stereocenters. The van der Waals surface area contributed by atoms with E-state index in [2.05, 4.69) is 5.32 Å². The molecule has 0 spiro atoms. The first kappa shape index (κ1) is 15.8. The van der Waals surface area contributed by atoms with E-state index < -0.39 is 0 Å². The van der Waals surface area contributed by atoms with Crippen molar-refractivity contribution in [3.05, 3.63) is 0 Å². The molecule has 1 saturated heterocycles. The molecule has 5 nitrogen and oxygen atoms in total. The maximum atomic E-state index is 12.1. The molecule has 0 aromatic heterocycles. The molecule has 1 rings (SSSR count). The molecular weight excluding hydrogens is 244 g/mol. The van der Waals surface area contributed by atoms with Crippen molar-refractivity contribution in [2.75, 3.05) is 13.2 Å². The molecule has 0 saturated carbocycles. The Labute approximate surface area is 115 Å². The monoisotopic (exact) mass is 270 g/mol. The summed E-state index contributed by atoms with van der Waals surface area (Å²) >= 11 is 0. The average molecular weight is 270 g/mol. The van der Waals surface area contributed by atoms with Crippen LogP contribution in [0.5, 0.6) is 0 Å². The maximum absolute atomic E-state index is 12.1. The van der Waals surface area contributed by atoms with Crippen LogP contribution in [0.2, 0.25) is 0 Å². The average Bonchev–Trinajstić information content (AvgIpc) is 2.84. The van der Waals surface area contributed by atoms with Gasteiger partial charge < -0.3 is 10.1 Å². The lowest BCUT2D eigenvalue weighted by Crippen LogP contribution is -2.48. The number of nitrogens with zero attached hydrogens (tertiary/aromatic N) is 1. The molecule has 0 radical (unpaired) electrons. The second-order valence-electron chi connectivity index (χ2n) is 5.64.